The van der Waals surface area contributed by atoms with E-state index in [9.17, 15) is 0 Å². The van der Waals surface area contributed by atoms with Crippen molar-refractivity contribution in [2.45, 2.75) is 73.1 Å². The molecule has 3 nitrogen and oxygen atoms in total. The first kappa shape index (κ1) is 18.4. The van der Waals surface area contributed by atoms with Gasteiger partial charge in [-0.05, 0) is 37.5 Å². The van der Waals surface area contributed by atoms with E-state index in [0.29, 0.717) is 0 Å². The van der Waals surface area contributed by atoms with Crippen molar-refractivity contribution in [3.63, 3.8) is 0 Å². The summed E-state index contributed by atoms with van der Waals surface area (Å²) in [6, 6.07) is 0. The van der Waals surface area contributed by atoms with Gasteiger partial charge in [-0.25, -0.2) is 0 Å². The van der Waals surface area contributed by atoms with Crippen molar-refractivity contribution in [3.05, 3.63) is 0 Å². The molecule has 0 bridgehead atoms. The fourth-order valence-electron chi connectivity index (χ4n) is 1.96. The Morgan fingerprint density at radius 3 is 2.00 bits per heavy atom. The van der Waals surface area contributed by atoms with Crippen molar-refractivity contribution >= 4 is 0 Å². The summed E-state index contributed by atoms with van der Waals surface area (Å²) in [5.41, 5.74) is 0. The molecule has 0 amide bonds. The molecule has 19 heavy (non-hydrogen) atoms. The lowest BCUT2D eigenvalue weighted by Crippen LogP contribution is -2.20. The van der Waals surface area contributed by atoms with E-state index >= 15 is 0 Å². The smallest absolute Gasteiger partial charge is 0.0617 e. The van der Waals surface area contributed by atoms with Crippen LogP contribution in [0.4, 0.5) is 0 Å². The molecule has 0 spiro atoms. The Balaban J connectivity index is 3.89. The Morgan fingerprint density at radius 1 is 0.842 bits per heavy atom. The quantitative estimate of drug-likeness (QED) is 0.267. The van der Waals surface area contributed by atoms with Gasteiger partial charge in [0.1, 0.15) is 0 Å². The molecule has 0 aliphatic rings. The average Bonchev–Trinajstić information content (AvgIpc) is 2.33. The van der Waals surface area contributed by atoms with Gasteiger partial charge in [0.05, 0.1) is 6.54 Å². The second-order valence-electron chi connectivity index (χ2n) is 6.33. The van der Waals surface area contributed by atoms with E-state index in [2.05, 4.69) is 50.0 Å². The van der Waals surface area contributed by atoms with E-state index in [1.807, 2.05) is 0 Å². The number of nitrogens with zero attached hydrogens (tertiary/aromatic N) is 3. The van der Waals surface area contributed by atoms with Crippen molar-refractivity contribution in [2.24, 2.45) is 22.2 Å². The van der Waals surface area contributed by atoms with Gasteiger partial charge in [-0.3, -0.25) is 5.01 Å². The zero-order valence-electron chi connectivity index (χ0n) is 13.9. The summed E-state index contributed by atoms with van der Waals surface area (Å²) in [5.74, 6) is 1.60. The molecule has 0 unspecified atom stereocenters. The van der Waals surface area contributed by atoms with Crippen LogP contribution in [0.1, 0.15) is 73.1 Å². The lowest BCUT2D eigenvalue weighted by molar-refractivity contribution is 0.247. The van der Waals surface area contributed by atoms with Crippen LogP contribution in [0.5, 0.6) is 0 Å². The number of unbranched alkanes of at least 4 members (excludes halogenated alkanes) is 1. The van der Waals surface area contributed by atoms with Crippen LogP contribution in [0.2, 0.25) is 0 Å². The van der Waals surface area contributed by atoms with Crippen LogP contribution in [0, 0.1) is 11.8 Å². The predicted molar refractivity (Wildman–Crippen MR) is 84.3 cm³/mol. The predicted octanol–water partition coefficient (Wildman–Crippen LogP) is 5.33. The second-order valence-corrected chi connectivity index (χ2v) is 6.33. The number of hydrogen-bond donors (Lipinski definition) is 0. The van der Waals surface area contributed by atoms with Crippen LogP contribution < -0.4 is 0 Å². The molecule has 3 heteroatoms. The van der Waals surface area contributed by atoms with E-state index in [4.69, 9.17) is 0 Å². The van der Waals surface area contributed by atoms with E-state index in [0.717, 1.165) is 37.9 Å². The fourth-order valence-corrected chi connectivity index (χ4v) is 1.96. The minimum absolute atomic E-state index is 0.787. The van der Waals surface area contributed by atoms with E-state index in [-0.39, 0.29) is 0 Å². The van der Waals surface area contributed by atoms with Crippen LogP contribution in [-0.2, 0) is 0 Å². The van der Waals surface area contributed by atoms with Crippen LogP contribution in [-0.4, -0.2) is 24.6 Å². The summed E-state index contributed by atoms with van der Waals surface area (Å²) in [4.78, 5) is 0. The molecule has 0 saturated carbocycles. The van der Waals surface area contributed by atoms with E-state index in [1.54, 1.807) is 0 Å². The van der Waals surface area contributed by atoms with Gasteiger partial charge in [0, 0.05) is 13.1 Å². The first-order valence-electron chi connectivity index (χ1n) is 8.18. The van der Waals surface area contributed by atoms with Crippen molar-refractivity contribution in [2.75, 3.05) is 19.6 Å². The molecule has 0 aromatic heterocycles. The fraction of sp³-hybridized carbons (Fsp3) is 1.00. The Labute approximate surface area is 120 Å². The average molecular weight is 269 g/mol. The number of hydrogen-bond acceptors (Lipinski definition) is 2. The topological polar surface area (TPSA) is 28.0 Å². The minimum Gasteiger partial charge on any atom is -0.279 e. The molecular formula is C16H35N3. The van der Waals surface area contributed by atoms with Crippen molar-refractivity contribution < 1.29 is 0 Å². The molecule has 0 aromatic rings. The van der Waals surface area contributed by atoms with Gasteiger partial charge in [-0.2, -0.15) is 5.11 Å². The van der Waals surface area contributed by atoms with Gasteiger partial charge in [-0.15, -0.1) is 0 Å². The standard InChI is InChI=1S/C16H35N3/c1-6-12-17-18-19(14-9-11-16(4)5)13-8-7-10-15(2)3/h15-16H,6-14H2,1-5H3. The van der Waals surface area contributed by atoms with Gasteiger partial charge in [0.2, 0.25) is 0 Å². The summed E-state index contributed by atoms with van der Waals surface area (Å²) in [6.07, 6.45) is 7.47. The zero-order valence-corrected chi connectivity index (χ0v) is 13.9. The lowest BCUT2D eigenvalue weighted by Gasteiger charge is -2.18. The van der Waals surface area contributed by atoms with Crippen LogP contribution >= 0.6 is 0 Å². The third-order valence-corrected chi connectivity index (χ3v) is 3.16. The maximum absolute atomic E-state index is 4.39. The Kier molecular flexibility index (Phi) is 12.0. The van der Waals surface area contributed by atoms with E-state index in [1.165, 1.54) is 32.1 Å². The third kappa shape index (κ3) is 13.6. The summed E-state index contributed by atoms with van der Waals surface area (Å²) in [7, 11) is 0. The summed E-state index contributed by atoms with van der Waals surface area (Å²) in [6.45, 7) is 14.3. The highest BCUT2D eigenvalue weighted by Gasteiger charge is 2.03. The highest BCUT2D eigenvalue weighted by atomic mass is 15.5. The lowest BCUT2D eigenvalue weighted by atomic mass is 10.1. The third-order valence-electron chi connectivity index (χ3n) is 3.16. The molecule has 0 saturated heterocycles. The molecule has 0 aromatic carbocycles. The first-order chi connectivity index (χ1) is 9.06. The Hall–Kier alpha value is -0.600. The maximum atomic E-state index is 4.39. The van der Waals surface area contributed by atoms with Gasteiger partial charge < -0.3 is 0 Å². The molecule has 114 valence electrons. The monoisotopic (exact) mass is 269 g/mol. The zero-order chi connectivity index (χ0) is 14.5. The van der Waals surface area contributed by atoms with Crippen molar-refractivity contribution in [1.82, 2.24) is 5.01 Å². The molecular weight excluding hydrogens is 234 g/mol. The van der Waals surface area contributed by atoms with E-state index < -0.39 is 0 Å². The first-order valence-corrected chi connectivity index (χ1v) is 8.18. The molecule has 0 N–H and O–H groups in total. The molecule has 0 aliphatic carbocycles. The molecule has 0 aliphatic heterocycles. The second kappa shape index (κ2) is 12.4. The van der Waals surface area contributed by atoms with Crippen molar-refractivity contribution in [1.29, 1.82) is 0 Å². The van der Waals surface area contributed by atoms with Crippen molar-refractivity contribution in [3.8, 4) is 0 Å². The van der Waals surface area contributed by atoms with Gasteiger partial charge in [0.15, 0.2) is 0 Å². The summed E-state index contributed by atoms with van der Waals surface area (Å²) in [5, 5.41) is 10.8. The maximum Gasteiger partial charge on any atom is 0.0617 e. The SMILES string of the molecule is CCCN=NN(CCCCC(C)C)CCCC(C)C. The highest BCUT2D eigenvalue weighted by molar-refractivity contribution is 4.56. The Bertz CT molecular complexity index is 212. The summed E-state index contributed by atoms with van der Waals surface area (Å²) >= 11 is 0. The molecule has 0 fully saturated rings. The van der Waals surface area contributed by atoms with Crippen LogP contribution in [0.25, 0.3) is 0 Å². The minimum atomic E-state index is 0.787. The van der Waals surface area contributed by atoms with Gasteiger partial charge in [-0.1, -0.05) is 52.7 Å². The van der Waals surface area contributed by atoms with Gasteiger partial charge >= 0.3 is 0 Å². The van der Waals surface area contributed by atoms with Crippen LogP contribution in [0.3, 0.4) is 0 Å². The normalized spacial score (nSPS) is 11.9. The molecule has 0 radical (unpaired) electrons. The number of rotatable bonds is 12. The largest absolute Gasteiger partial charge is 0.279 e. The Morgan fingerprint density at radius 2 is 1.42 bits per heavy atom. The molecule has 0 heterocycles. The summed E-state index contributed by atoms with van der Waals surface area (Å²) < 4.78 is 0. The molecule has 0 atom stereocenters. The highest BCUT2D eigenvalue weighted by Crippen LogP contribution is 2.09. The van der Waals surface area contributed by atoms with Crippen LogP contribution in [0.15, 0.2) is 10.3 Å². The van der Waals surface area contributed by atoms with Gasteiger partial charge in [0.25, 0.3) is 0 Å². The molecule has 0 rings (SSSR count).